The molecule has 4 aliphatic rings. The van der Waals surface area contributed by atoms with Crippen LogP contribution in [0.25, 0.3) is 0 Å². The van der Waals surface area contributed by atoms with Gasteiger partial charge in [-0.3, -0.25) is 0 Å². The maximum Gasteiger partial charge on any atom is 0.358 e. The van der Waals surface area contributed by atoms with E-state index in [0.29, 0.717) is 0 Å². The highest BCUT2D eigenvalue weighted by Gasteiger charge is 2.52. The number of aromatic carboxylic acids is 1. The molecule has 4 saturated carbocycles. The zero-order valence-corrected chi connectivity index (χ0v) is 10.2. The van der Waals surface area contributed by atoms with Crippen LogP contribution in [0.15, 0.2) is 6.20 Å². The average Bonchev–Trinajstić information content (AvgIpc) is 2.76. The van der Waals surface area contributed by atoms with E-state index in [9.17, 15) is 4.79 Å². The Kier molecular flexibility index (Phi) is 1.95. The van der Waals surface area contributed by atoms with Crippen molar-refractivity contribution in [1.82, 2.24) is 15.0 Å². The van der Waals surface area contributed by atoms with E-state index >= 15 is 0 Å². The Hall–Kier alpha value is -1.39. The van der Waals surface area contributed by atoms with Crippen LogP contribution >= 0.6 is 0 Å². The van der Waals surface area contributed by atoms with E-state index in [-0.39, 0.29) is 11.2 Å². The number of rotatable bonds is 2. The lowest BCUT2D eigenvalue weighted by molar-refractivity contribution is -0.0502. The van der Waals surface area contributed by atoms with E-state index < -0.39 is 5.97 Å². The van der Waals surface area contributed by atoms with E-state index in [1.165, 1.54) is 38.5 Å². The predicted octanol–water partition coefficient (Wildman–Crippen LogP) is 1.90. The normalized spacial score (nSPS) is 41.2. The average molecular weight is 247 g/mol. The van der Waals surface area contributed by atoms with Crippen LogP contribution in [0.2, 0.25) is 0 Å². The highest BCUT2D eigenvalue weighted by molar-refractivity contribution is 5.84. The third-order valence-electron chi connectivity index (χ3n) is 5.20. The number of aromatic nitrogens is 3. The van der Waals surface area contributed by atoms with Crippen LogP contribution in [0.5, 0.6) is 0 Å². The Morgan fingerprint density at radius 1 is 1.22 bits per heavy atom. The fourth-order valence-corrected chi connectivity index (χ4v) is 4.94. The molecule has 1 aromatic heterocycles. The summed E-state index contributed by atoms with van der Waals surface area (Å²) in [4.78, 5) is 10.9. The van der Waals surface area contributed by atoms with Crippen molar-refractivity contribution in [2.24, 2.45) is 17.8 Å². The van der Waals surface area contributed by atoms with Gasteiger partial charge >= 0.3 is 5.97 Å². The van der Waals surface area contributed by atoms with Gasteiger partial charge in [0.2, 0.25) is 0 Å². The number of carboxylic acid groups (broad SMARTS) is 1. The molecule has 4 bridgehead atoms. The van der Waals surface area contributed by atoms with Crippen molar-refractivity contribution < 1.29 is 9.90 Å². The molecule has 5 nitrogen and oxygen atoms in total. The van der Waals surface area contributed by atoms with Gasteiger partial charge in [-0.2, -0.15) is 0 Å². The number of carboxylic acids is 1. The van der Waals surface area contributed by atoms with Gasteiger partial charge in [-0.05, 0) is 56.3 Å². The number of nitrogens with zero attached hydrogens (tertiary/aromatic N) is 3. The molecule has 0 radical (unpaired) electrons. The van der Waals surface area contributed by atoms with E-state index in [4.69, 9.17) is 5.11 Å². The van der Waals surface area contributed by atoms with Gasteiger partial charge in [0.05, 0.1) is 11.7 Å². The molecule has 1 N–H and O–H groups in total. The molecular formula is C13H17N3O2. The Bertz CT molecular complexity index is 473. The molecule has 0 spiro atoms. The molecule has 5 heteroatoms. The van der Waals surface area contributed by atoms with E-state index in [0.717, 1.165) is 17.8 Å². The van der Waals surface area contributed by atoms with Gasteiger partial charge in [-0.25, -0.2) is 9.48 Å². The van der Waals surface area contributed by atoms with Crippen molar-refractivity contribution in [3.8, 4) is 0 Å². The summed E-state index contributed by atoms with van der Waals surface area (Å²) in [5, 5.41) is 16.9. The molecule has 1 heterocycles. The molecule has 0 atom stereocenters. The molecule has 4 fully saturated rings. The highest BCUT2D eigenvalue weighted by atomic mass is 16.4. The van der Waals surface area contributed by atoms with E-state index in [2.05, 4.69) is 10.3 Å². The first-order chi connectivity index (χ1) is 8.64. The molecule has 5 rings (SSSR count). The molecular weight excluding hydrogens is 230 g/mol. The minimum Gasteiger partial charge on any atom is -0.476 e. The van der Waals surface area contributed by atoms with Crippen molar-refractivity contribution >= 4 is 5.97 Å². The van der Waals surface area contributed by atoms with Crippen molar-refractivity contribution in [2.45, 2.75) is 44.1 Å². The Balaban J connectivity index is 1.72. The summed E-state index contributed by atoms with van der Waals surface area (Å²) < 4.78 is 1.88. The second-order valence-electron chi connectivity index (χ2n) is 6.50. The van der Waals surface area contributed by atoms with Crippen LogP contribution in [0, 0.1) is 17.8 Å². The molecule has 96 valence electrons. The summed E-state index contributed by atoms with van der Waals surface area (Å²) in [7, 11) is 0. The van der Waals surface area contributed by atoms with Crippen LogP contribution in [0.3, 0.4) is 0 Å². The van der Waals surface area contributed by atoms with Crippen molar-refractivity contribution in [3.63, 3.8) is 0 Å². The first-order valence-electron chi connectivity index (χ1n) is 6.81. The fourth-order valence-electron chi connectivity index (χ4n) is 4.94. The Labute approximate surface area is 105 Å². The number of hydrogen-bond donors (Lipinski definition) is 1. The molecule has 0 aliphatic heterocycles. The SMILES string of the molecule is O=C(O)c1cn(C23CC4CC(CC(C4)C2)C3)nn1. The number of carbonyl (C=O) groups is 1. The molecule has 0 aromatic carbocycles. The first-order valence-corrected chi connectivity index (χ1v) is 6.81. The van der Waals surface area contributed by atoms with E-state index in [1.54, 1.807) is 6.20 Å². The van der Waals surface area contributed by atoms with Crippen LogP contribution in [0.4, 0.5) is 0 Å². The van der Waals surface area contributed by atoms with Crippen LogP contribution in [-0.4, -0.2) is 26.1 Å². The summed E-state index contributed by atoms with van der Waals surface area (Å²) >= 11 is 0. The largest absolute Gasteiger partial charge is 0.476 e. The lowest BCUT2D eigenvalue weighted by Gasteiger charge is -2.56. The van der Waals surface area contributed by atoms with Crippen LogP contribution in [-0.2, 0) is 5.54 Å². The molecule has 0 saturated heterocycles. The summed E-state index contributed by atoms with van der Waals surface area (Å²) in [6.45, 7) is 0. The van der Waals surface area contributed by atoms with Gasteiger partial charge in [0.1, 0.15) is 0 Å². The van der Waals surface area contributed by atoms with Gasteiger partial charge in [0.25, 0.3) is 0 Å². The standard InChI is InChI=1S/C13H17N3O2/c17-12(18)11-7-16(15-14-11)13-4-8-1-9(5-13)3-10(2-8)6-13/h7-10H,1-6H2,(H,17,18). The van der Waals surface area contributed by atoms with Gasteiger partial charge < -0.3 is 5.11 Å². The Morgan fingerprint density at radius 2 is 1.78 bits per heavy atom. The maximum absolute atomic E-state index is 10.9. The molecule has 4 aliphatic carbocycles. The lowest BCUT2D eigenvalue weighted by Crippen LogP contribution is -2.52. The monoisotopic (exact) mass is 247 g/mol. The molecule has 0 unspecified atom stereocenters. The third kappa shape index (κ3) is 1.36. The predicted molar refractivity (Wildman–Crippen MR) is 63.1 cm³/mol. The minimum atomic E-state index is -0.981. The summed E-state index contributed by atoms with van der Waals surface area (Å²) in [5.41, 5.74) is 0.154. The van der Waals surface area contributed by atoms with Gasteiger partial charge in [0.15, 0.2) is 5.69 Å². The lowest BCUT2D eigenvalue weighted by atomic mass is 9.53. The molecule has 0 amide bonds. The van der Waals surface area contributed by atoms with Crippen molar-refractivity contribution in [1.29, 1.82) is 0 Å². The second-order valence-corrected chi connectivity index (χ2v) is 6.50. The van der Waals surface area contributed by atoms with Gasteiger partial charge in [0, 0.05) is 0 Å². The van der Waals surface area contributed by atoms with E-state index in [1.807, 2.05) is 4.68 Å². The third-order valence-corrected chi connectivity index (χ3v) is 5.20. The summed E-state index contributed by atoms with van der Waals surface area (Å²) in [6.07, 6.45) is 9.26. The Morgan fingerprint density at radius 3 is 2.22 bits per heavy atom. The molecule has 1 aromatic rings. The van der Waals surface area contributed by atoms with Crippen LogP contribution < -0.4 is 0 Å². The quantitative estimate of drug-likeness (QED) is 0.866. The first kappa shape index (κ1) is 10.5. The second kappa shape index (κ2) is 3.33. The highest BCUT2D eigenvalue weighted by Crippen LogP contribution is 2.58. The number of hydrogen-bond acceptors (Lipinski definition) is 3. The minimum absolute atomic E-state index is 0.0748. The van der Waals surface area contributed by atoms with Gasteiger partial charge in [-0.15, -0.1) is 5.10 Å². The topological polar surface area (TPSA) is 68.0 Å². The van der Waals surface area contributed by atoms with Crippen molar-refractivity contribution in [3.05, 3.63) is 11.9 Å². The maximum atomic E-state index is 10.9. The molecule has 18 heavy (non-hydrogen) atoms. The van der Waals surface area contributed by atoms with Crippen LogP contribution in [0.1, 0.15) is 49.0 Å². The van der Waals surface area contributed by atoms with Crippen molar-refractivity contribution in [2.75, 3.05) is 0 Å². The fraction of sp³-hybridized carbons (Fsp3) is 0.769. The summed E-state index contributed by atoms with van der Waals surface area (Å²) in [5.74, 6) is 1.50. The zero-order valence-electron chi connectivity index (χ0n) is 10.2. The zero-order chi connectivity index (χ0) is 12.3. The summed E-state index contributed by atoms with van der Waals surface area (Å²) in [6, 6.07) is 0. The van der Waals surface area contributed by atoms with Gasteiger partial charge in [-0.1, -0.05) is 5.21 Å². The smallest absolute Gasteiger partial charge is 0.358 e.